The topological polar surface area (TPSA) is 12.9 Å². The van der Waals surface area contributed by atoms with Gasteiger partial charge in [0.15, 0.2) is 0 Å². The van der Waals surface area contributed by atoms with E-state index in [4.69, 9.17) is 0 Å². The minimum absolute atomic E-state index is 0.698. The van der Waals surface area contributed by atoms with Crippen LogP contribution < -0.4 is 0 Å². The molecule has 1 nitrogen and oxygen atoms in total. The van der Waals surface area contributed by atoms with Gasteiger partial charge < -0.3 is 0 Å². The van der Waals surface area contributed by atoms with Crippen LogP contribution in [0.25, 0.3) is 0 Å². The Kier molecular flexibility index (Phi) is 3.50. The zero-order chi connectivity index (χ0) is 9.14. The van der Waals surface area contributed by atoms with Crippen molar-refractivity contribution in [2.75, 3.05) is 0 Å². The zero-order valence-electron chi connectivity index (χ0n) is 7.76. The molecule has 0 aliphatic rings. The molecule has 1 rings (SSSR count). The number of nitrogens with zero attached hydrogens (tertiary/aromatic N) is 1. The van der Waals surface area contributed by atoms with E-state index in [-0.39, 0.29) is 0 Å². The highest BCUT2D eigenvalue weighted by molar-refractivity contribution is 14.1. The van der Waals surface area contributed by atoms with Gasteiger partial charge in [-0.1, -0.05) is 29.5 Å². The lowest BCUT2D eigenvalue weighted by Gasteiger charge is -2.05. The maximum absolute atomic E-state index is 4.34. The van der Waals surface area contributed by atoms with Gasteiger partial charge in [0.2, 0.25) is 0 Å². The average Bonchev–Trinajstić information content (AvgIpc) is 1.81. The van der Waals surface area contributed by atoms with Crippen molar-refractivity contribution in [3.63, 3.8) is 0 Å². The van der Waals surface area contributed by atoms with E-state index in [1.807, 2.05) is 13.8 Å². The number of aryl methyl sites for hydroxylation is 2. The van der Waals surface area contributed by atoms with Gasteiger partial charge in [-0.25, -0.2) is 0 Å². The summed E-state index contributed by atoms with van der Waals surface area (Å²) >= 11 is 2.45. The fourth-order valence-electron chi connectivity index (χ4n) is 1.36. The maximum Gasteiger partial charge on any atom is 0.0378 e. The first-order valence-corrected chi connectivity index (χ1v) is 5.40. The van der Waals surface area contributed by atoms with Crippen LogP contribution in [0.5, 0.6) is 0 Å². The standard InChI is InChI=1S/C10H14IN/c1-7(11)4-10-5-8(2)12-9(3)6-10/h5-7H,4H2,1-3H3/t7-/m0/s1. The molecule has 0 bridgehead atoms. The zero-order valence-corrected chi connectivity index (χ0v) is 9.92. The van der Waals surface area contributed by atoms with Crippen molar-refractivity contribution in [2.45, 2.75) is 31.1 Å². The van der Waals surface area contributed by atoms with Crippen LogP contribution in [0.1, 0.15) is 23.9 Å². The van der Waals surface area contributed by atoms with Gasteiger partial charge in [0.1, 0.15) is 0 Å². The van der Waals surface area contributed by atoms with Crippen LogP contribution in [0, 0.1) is 13.8 Å². The second-order valence-electron chi connectivity index (χ2n) is 3.24. The van der Waals surface area contributed by atoms with Gasteiger partial charge in [-0.15, -0.1) is 0 Å². The molecule has 2 heteroatoms. The second kappa shape index (κ2) is 4.21. The molecule has 0 fully saturated rings. The molecule has 0 amide bonds. The van der Waals surface area contributed by atoms with E-state index in [9.17, 15) is 0 Å². The third-order valence-electron chi connectivity index (χ3n) is 1.66. The van der Waals surface area contributed by atoms with Crippen molar-refractivity contribution in [2.24, 2.45) is 0 Å². The molecule has 0 saturated heterocycles. The van der Waals surface area contributed by atoms with Crippen molar-refractivity contribution < 1.29 is 0 Å². The van der Waals surface area contributed by atoms with Crippen molar-refractivity contribution in [1.29, 1.82) is 0 Å². The van der Waals surface area contributed by atoms with Crippen molar-refractivity contribution in [3.05, 3.63) is 29.1 Å². The molecule has 0 radical (unpaired) electrons. The van der Waals surface area contributed by atoms with E-state index >= 15 is 0 Å². The van der Waals surface area contributed by atoms with Crippen LogP contribution in [0.3, 0.4) is 0 Å². The highest BCUT2D eigenvalue weighted by Crippen LogP contribution is 2.11. The smallest absolute Gasteiger partial charge is 0.0378 e. The molecule has 66 valence electrons. The number of aromatic nitrogens is 1. The Hall–Kier alpha value is -0.120. The Balaban J connectivity index is 2.85. The normalized spacial score (nSPS) is 13.0. The molecule has 0 saturated carbocycles. The van der Waals surface area contributed by atoms with E-state index in [1.165, 1.54) is 5.56 Å². The number of rotatable bonds is 2. The molecule has 1 aromatic rings. The summed E-state index contributed by atoms with van der Waals surface area (Å²) in [6.45, 7) is 6.33. The second-order valence-corrected chi connectivity index (χ2v) is 5.37. The van der Waals surface area contributed by atoms with E-state index in [2.05, 4.69) is 46.6 Å². The Bertz CT molecular complexity index is 248. The molecular weight excluding hydrogens is 261 g/mol. The summed E-state index contributed by atoms with van der Waals surface area (Å²) < 4.78 is 0.698. The van der Waals surface area contributed by atoms with E-state index in [0.29, 0.717) is 3.92 Å². The predicted molar refractivity (Wildman–Crippen MR) is 60.9 cm³/mol. The minimum Gasteiger partial charge on any atom is -0.258 e. The number of hydrogen-bond acceptors (Lipinski definition) is 1. The number of alkyl halides is 1. The van der Waals surface area contributed by atoms with Crippen LogP contribution in [-0.2, 0) is 6.42 Å². The lowest BCUT2D eigenvalue weighted by molar-refractivity contribution is 0.956. The molecule has 12 heavy (non-hydrogen) atoms. The van der Waals surface area contributed by atoms with Crippen molar-refractivity contribution in [1.82, 2.24) is 4.98 Å². The fraction of sp³-hybridized carbons (Fsp3) is 0.500. The summed E-state index contributed by atoms with van der Waals surface area (Å²) in [4.78, 5) is 4.34. The Morgan fingerprint density at radius 2 is 1.83 bits per heavy atom. The summed E-state index contributed by atoms with van der Waals surface area (Å²) in [5.74, 6) is 0. The third kappa shape index (κ3) is 3.09. The number of halogens is 1. The van der Waals surface area contributed by atoms with Crippen LogP contribution in [0.15, 0.2) is 12.1 Å². The summed E-state index contributed by atoms with van der Waals surface area (Å²) in [6, 6.07) is 4.34. The van der Waals surface area contributed by atoms with E-state index < -0.39 is 0 Å². The Morgan fingerprint density at radius 3 is 2.25 bits per heavy atom. The lowest BCUT2D eigenvalue weighted by Crippen LogP contribution is -1.98. The van der Waals surface area contributed by atoms with Gasteiger partial charge in [-0.05, 0) is 38.0 Å². The molecule has 0 aliphatic carbocycles. The number of hydrogen-bond donors (Lipinski definition) is 0. The summed E-state index contributed by atoms with van der Waals surface area (Å²) in [7, 11) is 0. The Morgan fingerprint density at radius 1 is 1.33 bits per heavy atom. The van der Waals surface area contributed by atoms with E-state index in [0.717, 1.165) is 17.8 Å². The first-order valence-electron chi connectivity index (χ1n) is 4.16. The molecule has 0 aliphatic heterocycles. The van der Waals surface area contributed by atoms with Crippen molar-refractivity contribution in [3.8, 4) is 0 Å². The third-order valence-corrected chi connectivity index (χ3v) is 2.10. The highest BCUT2D eigenvalue weighted by atomic mass is 127. The van der Waals surface area contributed by atoms with Crippen LogP contribution in [0.2, 0.25) is 0 Å². The molecule has 1 aromatic heterocycles. The lowest BCUT2D eigenvalue weighted by atomic mass is 10.1. The quantitative estimate of drug-likeness (QED) is 0.597. The molecule has 0 N–H and O–H groups in total. The van der Waals surface area contributed by atoms with Gasteiger partial charge in [0.05, 0.1) is 0 Å². The Labute approximate surface area is 87.7 Å². The summed E-state index contributed by atoms with van der Waals surface area (Å²) in [5, 5.41) is 0. The van der Waals surface area contributed by atoms with Crippen LogP contribution in [0.4, 0.5) is 0 Å². The van der Waals surface area contributed by atoms with Gasteiger partial charge >= 0.3 is 0 Å². The van der Waals surface area contributed by atoms with Gasteiger partial charge in [0.25, 0.3) is 0 Å². The van der Waals surface area contributed by atoms with Gasteiger partial charge in [0, 0.05) is 15.3 Å². The maximum atomic E-state index is 4.34. The molecule has 0 spiro atoms. The molecule has 1 atom stereocenters. The SMILES string of the molecule is Cc1cc(C[C@H](C)I)cc(C)n1. The predicted octanol–water partition coefficient (Wildman–Crippen LogP) is 3.06. The van der Waals surface area contributed by atoms with Gasteiger partial charge in [-0.3, -0.25) is 4.98 Å². The van der Waals surface area contributed by atoms with Crippen LogP contribution in [-0.4, -0.2) is 8.91 Å². The molecular formula is C10H14IN. The van der Waals surface area contributed by atoms with Crippen LogP contribution >= 0.6 is 22.6 Å². The fourth-order valence-corrected chi connectivity index (χ4v) is 1.87. The summed E-state index contributed by atoms with van der Waals surface area (Å²) in [6.07, 6.45) is 1.14. The minimum atomic E-state index is 0.698. The molecule has 0 aromatic carbocycles. The average molecular weight is 275 g/mol. The molecule has 0 unspecified atom stereocenters. The monoisotopic (exact) mass is 275 g/mol. The first-order chi connectivity index (χ1) is 5.58. The summed E-state index contributed by atoms with van der Waals surface area (Å²) in [5.41, 5.74) is 3.66. The van der Waals surface area contributed by atoms with E-state index in [1.54, 1.807) is 0 Å². The molecule has 1 heterocycles. The number of pyridine rings is 1. The largest absolute Gasteiger partial charge is 0.258 e. The first kappa shape index (κ1) is 9.96. The highest BCUT2D eigenvalue weighted by Gasteiger charge is 2.00. The van der Waals surface area contributed by atoms with Crippen molar-refractivity contribution >= 4 is 22.6 Å². The van der Waals surface area contributed by atoms with Gasteiger partial charge in [-0.2, -0.15) is 0 Å².